The zero-order chi connectivity index (χ0) is 18.6. The van der Waals surface area contributed by atoms with Gasteiger partial charge in [0.1, 0.15) is 6.10 Å². The van der Waals surface area contributed by atoms with E-state index in [1.54, 1.807) is 12.3 Å². The summed E-state index contributed by atoms with van der Waals surface area (Å²) in [7, 11) is 0. The number of rotatable bonds is 0. The maximum Gasteiger partial charge on any atom is 0.407 e. The van der Waals surface area contributed by atoms with Crippen LogP contribution >= 0.6 is 0 Å². The second-order valence-electron chi connectivity index (χ2n) is 6.87. The average molecular weight is 370 g/mol. The van der Waals surface area contributed by atoms with E-state index in [-0.39, 0.29) is 17.9 Å². The number of aromatic nitrogens is 3. The summed E-state index contributed by atoms with van der Waals surface area (Å²) >= 11 is 0. The number of hydrogen-bond donors (Lipinski definition) is 4. The first kappa shape index (κ1) is 17.3. The fourth-order valence-electron chi connectivity index (χ4n) is 3.50. The molecule has 2 atom stereocenters. The standard InChI is InChI=1S/C18H22N6O3/c25-17-12-6-13(10-19-9-12)22-16-8-15(23-24-16)11-2-3-14(7-11)27-18(26)21-5-1-4-20-17/h6,8-11,14H,1-5,7H2,(H,20,25)(H,21,26)(H2,22,23,24)/t11?,14-/m1/s1. The van der Waals surface area contributed by atoms with Crippen LogP contribution in [0.2, 0.25) is 0 Å². The summed E-state index contributed by atoms with van der Waals surface area (Å²) in [5.74, 6) is 0.725. The Bertz CT molecular complexity index is 836. The van der Waals surface area contributed by atoms with Crippen LogP contribution in [0.1, 0.15) is 47.7 Å². The van der Waals surface area contributed by atoms with Crippen molar-refractivity contribution in [1.82, 2.24) is 25.8 Å². The van der Waals surface area contributed by atoms with Crippen LogP contribution in [0, 0.1) is 0 Å². The predicted molar refractivity (Wildman–Crippen MR) is 97.9 cm³/mol. The molecule has 3 heterocycles. The lowest BCUT2D eigenvalue weighted by atomic mass is 10.0. The summed E-state index contributed by atoms with van der Waals surface area (Å²) in [5.41, 5.74) is 2.16. The van der Waals surface area contributed by atoms with Gasteiger partial charge in [-0.25, -0.2) is 4.79 Å². The first-order valence-corrected chi connectivity index (χ1v) is 9.17. The fraction of sp³-hybridized carbons (Fsp3) is 0.444. The zero-order valence-electron chi connectivity index (χ0n) is 14.8. The quantitative estimate of drug-likeness (QED) is 0.563. The molecule has 9 nitrogen and oxygen atoms in total. The van der Waals surface area contributed by atoms with E-state index < -0.39 is 6.09 Å². The third kappa shape index (κ3) is 4.18. The minimum absolute atomic E-state index is 0.0887. The topological polar surface area (TPSA) is 121 Å². The van der Waals surface area contributed by atoms with Gasteiger partial charge >= 0.3 is 6.09 Å². The number of nitrogens with zero attached hydrogens (tertiary/aromatic N) is 2. The van der Waals surface area contributed by atoms with Crippen molar-refractivity contribution in [2.75, 3.05) is 18.4 Å². The molecule has 1 unspecified atom stereocenters. The van der Waals surface area contributed by atoms with E-state index in [2.05, 4.69) is 31.1 Å². The molecule has 4 N–H and O–H groups in total. The minimum Gasteiger partial charge on any atom is -0.446 e. The Balaban J connectivity index is 1.55. The third-order valence-corrected chi connectivity index (χ3v) is 4.88. The van der Waals surface area contributed by atoms with Crippen molar-refractivity contribution in [1.29, 1.82) is 0 Å². The van der Waals surface area contributed by atoms with Gasteiger partial charge in [-0.2, -0.15) is 5.10 Å². The molecule has 1 fully saturated rings. The molecule has 2 aliphatic rings. The van der Waals surface area contributed by atoms with Crippen LogP contribution in [-0.2, 0) is 4.74 Å². The van der Waals surface area contributed by atoms with Crippen LogP contribution in [0.15, 0.2) is 24.5 Å². The van der Waals surface area contributed by atoms with Crippen molar-refractivity contribution < 1.29 is 14.3 Å². The highest BCUT2D eigenvalue weighted by Crippen LogP contribution is 2.36. The molecular weight excluding hydrogens is 348 g/mol. The summed E-state index contributed by atoms with van der Waals surface area (Å²) < 4.78 is 5.49. The number of carbonyl (C=O) groups is 2. The van der Waals surface area contributed by atoms with Gasteiger partial charge in [-0.15, -0.1) is 0 Å². The van der Waals surface area contributed by atoms with E-state index in [9.17, 15) is 9.59 Å². The Hall–Kier alpha value is -3.10. The molecule has 142 valence electrons. The predicted octanol–water partition coefficient (Wildman–Crippen LogP) is 2.04. The van der Waals surface area contributed by atoms with Crippen LogP contribution in [0.25, 0.3) is 0 Å². The molecule has 0 aromatic carbocycles. The lowest BCUT2D eigenvalue weighted by Gasteiger charge is -2.13. The summed E-state index contributed by atoms with van der Waals surface area (Å²) in [4.78, 5) is 28.3. The molecule has 1 saturated carbocycles. The lowest BCUT2D eigenvalue weighted by molar-refractivity contribution is 0.0952. The van der Waals surface area contributed by atoms with Gasteiger partial charge in [0.25, 0.3) is 5.91 Å². The van der Waals surface area contributed by atoms with Gasteiger partial charge in [0.05, 0.1) is 17.4 Å². The lowest BCUT2D eigenvalue weighted by Crippen LogP contribution is -2.32. The first-order valence-electron chi connectivity index (χ1n) is 9.17. The summed E-state index contributed by atoms with van der Waals surface area (Å²) in [5, 5.41) is 16.1. The second kappa shape index (κ2) is 7.65. The second-order valence-corrected chi connectivity index (χ2v) is 6.87. The highest BCUT2D eigenvalue weighted by atomic mass is 16.6. The van der Waals surface area contributed by atoms with Gasteiger partial charge in [-0.1, -0.05) is 0 Å². The Morgan fingerprint density at radius 1 is 1.07 bits per heavy atom. The molecule has 2 amide bonds. The number of fused-ring (bicyclic) bond motifs is 7. The summed E-state index contributed by atoms with van der Waals surface area (Å²) in [6.45, 7) is 0.893. The molecule has 6 bridgehead atoms. The van der Waals surface area contributed by atoms with Gasteiger partial charge in [0, 0.05) is 37.0 Å². The number of anilines is 2. The molecular formula is C18H22N6O3. The summed E-state index contributed by atoms with van der Waals surface area (Å²) in [6, 6.07) is 3.68. The number of H-pyrrole nitrogens is 1. The fourth-order valence-corrected chi connectivity index (χ4v) is 3.50. The van der Waals surface area contributed by atoms with Crippen molar-refractivity contribution in [3.05, 3.63) is 35.8 Å². The third-order valence-electron chi connectivity index (χ3n) is 4.88. The molecule has 2 aromatic heterocycles. The highest BCUT2D eigenvalue weighted by Gasteiger charge is 2.30. The monoisotopic (exact) mass is 370 g/mol. The zero-order valence-corrected chi connectivity index (χ0v) is 14.8. The van der Waals surface area contributed by atoms with Gasteiger partial charge in [0.15, 0.2) is 5.82 Å². The molecule has 2 aromatic rings. The molecule has 1 aliphatic carbocycles. The van der Waals surface area contributed by atoms with Crippen LogP contribution in [-0.4, -0.2) is 46.4 Å². The molecule has 1 aliphatic heterocycles. The number of nitrogens with one attached hydrogen (secondary N) is 4. The van der Waals surface area contributed by atoms with Gasteiger partial charge in [-0.05, 0) is 31.7 Å². The Labute approximate surface area is 156 Å². The van der Waals surface area contributed by atoms with E-state index in [0.717, 1.165) is 25.0 Å². The Kier molecular flexibility index (Phi) is 4.91. The van der Waals surface area contributed by atoms with Crippen molar-refractivity contribution in [2.24, 2.45) is 0 Å². The SMILES string of the molecule is O=C1NCCCNC(=O)c2cncc(c2)Nc2cc([nH]n2)C2CC[C@H](C2)O1. The minimum atomic E-state index is -0.406. The van der Waals surface area contributed by atoms with Crippen molar-refractivity contribution in [3.63, 3.8) is 0 Å². The molecule has 27 heavy (non-hydrogen) atoms. The first-order chi connectivity index (χ1) is 13.2. The largest absolute Gasteiger partial charge is 0.446 e. The Morgan fingerprint density at radius 2 is 1.96 bits per heavy atom. The van der Waals surface area contributed by atoms with Crippen LogP contribution in [0.4, 0.5) is 16.3 Å². The summed E-state index contributed by atoms with van der Waals surface area (Å²) in [6.07, 6.45) is 5.85. The van der Waals surface area contributed by atoms with E-state index >= 15 is 0 Å². The average Bonchev–Trinajstić information content (AvgIpc) is 3.30. The number of alkyl carbamates (subject to hydrolysis) is 1. The van der Waals surface area contributed by atoms with Crippen molar-refractivity contribution in [3.8, 4) is 0 Å². The number of amides is 2. The smallest absolute Gasteiger partial charge is 0.407 e. The Morgan fingerprint density at radius 3 is 2.89 bits per heavy atom. The van der Waals surface area contributed by atoms with Crippen LogP contribution in [0.3, 0.4) is 0 Å². The van der Waals surface area contributed by atoms with E-state index in [1.165, 1.54) is 6.20 Å². The number of aromatic amines is 1. The maximum absolute atomic E-state index is 12.2. The van der Waals surface area contributed by atoms with E-state index in [4.69, 9.17) is 4.74 Å². The number of carbonyl (C=O) groups excluding carboxylic acids is 2. The number of ether oxygens (including phenoxy) is 1. The van der Waals surface area contributed by atoms with Crippen molar-refractivity contribution >= 4 is 23.5 Å². The molecule has 0 spiro atoms. The van der Waals surface area contributed by atoms with Crippen LogP contribution < -0.4 is 16.0 Å². The van der Waals surface area contributed by atoms with Gasteiger partial charge < -0.3 is 20.7 Å². The van der Waals surface area contributed by atoms with Crippen molar-refractivity contribution in [2.45, 2.75) is 37.7 Å². The van der Waals surface area contributed by atoms with Gasteiger partial charge in [-0.3, -0.25) is 14.9 Å². The van der Waals surface area contributed by atoms with E-state index in [0.29, 0.717) is 36.6 Å². The molecule has 0 saturated heterocycles. The maximum atomic E-state index is 12.2. The number of hydrogen-bond acceptors (Lipinski definition) is 6. The number of pyridine rings is 1. The van der Waals surface area contributed by atoms with Gasteiger partial charge in [0.2, 0.25) is 0 Å². The highest BCUT2D eigenvalue weighted by molar-refractivity contribution is 5.94. The van der Waals surface area contributed by atoms with E-state index in [1.807, 2.05) is 6.07 Å². The molecule has 9 heteroatoms. The van der Waals surface area contributed by atoms with Crippen LogP contribution in [0.5, 0.6) is 0 Å². The molecule has 0 radical (unpaired) electrons. The molecule has 4 rings (SSSR count). The normalized spacial score (nSPS) is 23.3.